The normalized spacial score (nSPS) is 10.7. The lowest BCUT2D eigenvalue weighted by molar-refractivity contribution is -0.137. The molecule has 0 aromatic heterocycles. The van der Waals surface area contributed by atoms with Gasteiger partial charge in [-0.25, -0.2) is 4.79 Å². The third-order valence-electron chi connectivity index (χ3n) is 2.46. The highest BCUT2D eigenvalue weighted by molar-refractivity contribution is 6.42. The quantitative estimate of drug-likeness (QED) is 0.395. The van der Waals surface area contributed by atoms with E-state index in [0.717, 1.165) is 0 Å². The molecule has 0 aromatic carbocycles. The second kappa shape index (κ2) is 4.85. The number of ether oxygens (including phenoxy) is 1. The molecule has 8 heteroatoms. The summed E-state index contributed by atoms with van der Waals surface area (Å²) in [5.74, 6) is -1.89. The Morgan fingerprint density at radius 1 is 1.53 bits per heavy atom. The first-order chi connectivity index (χ1) is 8.95. The molecule has 0 unspecified atom stereocenters. The Balaban J connectivity index is 2.59. The zero-order valence-corrected chi connectivity index (χ0v) is 10.9. The molecular formula is C11H10ClN3O4. The van der Waals surface area contributed by atoms with Gasteiger partial charge in [-0.15, -0.1) is 5.10 Å². The largest absolute Gasteiger partial charge is 0.460 e. The molecule has 2 aliphatic rings. The fourth-order valence-corrected chi connectivity index (χ4v) is 1.92. The fourth-order valence-electron chi connectivity index (χ4n) is 1.74. The maximum atomic E-state index is 12.0. The molecule has 19 heavy (non-hydrogen) atoms. The third kappa shape index (κ3) is 2.24. The van der Waals surface area contributed by atoms with Gasteiger partial charge in [-0.2, -0.15) is 0 Å². The number of halogens is 1. The number of rotatable bonds is 3. The highest BCUT2D eigenvalue weighted by atomic mass is 35.5. The monoisotopic (exact) mass is 283 g/mol. The molecule has 100 valence electrons. The SMILES string of the molecule is CCOC(=O)C(=O)c1c(C)nc2cc(Cl)nn(O)c1-2. The van der Waals surface area contributed by atoms with Crippen molar-refractivity contribution >= 4 is 23.4 Å². The van der Waals surface area contributed by atoms with Crippen molar-refractivity contribution in [3.05, 3.63) is 22.5 Å². The predicted molar refractivity (Wildman–Crippen MR) is 64.5 cm³/mol. The van der Waals surface area contributed by atoms with Crippen LogP contribution in [0.3, 0.4) is 0 Å². The molecule has 0 amide bonds. The topological polar surface area (TPSA) is 94.3 Å². The van der Waals surface area contributed by atoms with Crippen molar-refractivity contribution < 1.29 is 19.5 Å². The van der Waals surface area contributed by atoms with Gasteiger partial charge in [0.15, 0.2) is 5.15 Å². The minimum atomic E-state index is -1.00. The molecule has 1 N–H and O–H groups in total. The number of nitrogens with zero attached hydrogens (tertiary/aromatic N) is 3. The number of Topliss-reactive ketones (excluding diaryl/α,β-unsaturated/α-hetero) is 1. The van der Waals surface area contributed by atoms with Crippen molar-refractivity contribution in [2.45, 2.75) is 13.8 Å². The Bertz CT molecular complexity index is 637. The Labute approximate surface area is 113 Å². The zero-order chi connectivity index (χ0) is 14.2. The molecule has 0 aliphatic carbocycles. The van der Waals surface area contributed by atoms with Crippen LogP contribution >= 0.6 is 11.6 Å². The molecule has 0 radical (unpaired) electrons. The number of hydrogen-bond donors (Lipinski definition) is 1. The standard InChI is InChI=1S/C11H10ClN3O4/c1-3-19-11(17)10(16)8-5(2)13-6-4-7(12)14-15(18)9(6)8/h4,18H,3H2,1-2H3. The lowest BCUT2D eigenvalue weighted by Crippen LogP contribution is -2.20. The van der Waals surface area contributed by atoms with Gasteiger partial charge < -0.3 is 9.94 Å². The third-order valence-corrected chi connectivity index (χ3v) is 2.65. The van der Waals surface area contributed by atoms with Gasteiger partial charge >= 0.3 is 5.97 Å². The Kier molecular flexibility index (Phi) is 3.39. The fraction of sp³-hybridized carbons (Fsp3) is 0.273. The maximum absolute atomic E-state index is 12.0. The molecule has 0 aromatic rings. The molecule has 2 aliphatic heterocycles. The summed E-state index contributed by atoms with van der Waals surface area (Å²) in [4.78, 5) is 27.9. The van der Waals surface area contributed by atoms with Crippen LogP contribution in [-0.2, 0) is 9.53 Å². The highest BCUT2D eigenvalue weighted by Crippen LogP contribution is 2.29. The molecular weight excluding hydrogens is 274 g/mol. The number of aromatic nitrogens is 3. The number of fused-ring (bicyclic) bond motifs is 1. The van der Waals surface area contributed by atoms with E-state index in [1.807, 2.05) is 0 Å². The van der Waals surface area contributed by atoms with E-state index < -0.39 is 11.8 Å². The molecule has 0 bridgehead atoms. The molecule has 2 heterocycles. The first kappa shape index (κ1) is 13.3. The summed E-state index contributed by atoms with van der Waals surface area (Å²) in [6.07, 6.45) is 0. The Morgan fingerprint density at radius 2 is 2.21 bits per heavy atom. The van der Waals surface area contributed by atoms with Crippen molar-refractivity contribution in [1.29, 1.82) is 0 Å². The van der Waals surface area contributed by atoms with Crippen LogP contribution in [0.2, 0.25) is 5.15 Å². The van der Waals surface area contributed by atoms with Gasteiger partial charge in [-0.1, -0.05) is 16.4 Å². The Hall–Kier alpha value is -2.15. The summed E-state index contributed by atoms with van der Waals surface area (Å²) in [6.45, 7) is 3.21. The molecule has 0 fully saturated rings. The summed E-state index contributed by atoms with van der Waals surface area (Å²) >= 11 is 5.67. The number of carbonyl (C=O) groups excluding carboxylic acids is 2. The summed E-state index contributed by atoms with van der Waals surface area (Å²) in [5.41, 5.74) is 0.549. The smallest absolute Gasteiger partial charge is 0.379 e. The lowest BCUT2D eigenvalue weighted by Gasteiger charge is -2.06. The van der Waals surface area contributed by atoms with Gasteiger partial charge in [0, 0.05) is 6.07 Å². The van der Waals surface area contributed by atoms with E-state index in [-0.39, 0.29) is 28.7 Å². The molecule has 7 nitrogen and oxygen atoms in total. The van der Waals surface area contributed by atoms with Crippen LogP contribution in [0.1, 0.15) is 23.0 Å². The van der Waals surface area contributed by atoms with Crippen molar-refractivity contribution in [3.8, 4) is 11.4 Å². The van der Waals surface area contributed by atoms with Crippen LogP contribution in [0.15, 0.2) is 6.07 Å². The van der Waals surface area contributed by atoms with Gasteiger partial charge in [-0.05, 0) is 13.8 Å². The Morgan fingerprint density at radius 3 is 2.84 bits per heavy atom. The average molecular weight is 284 g/mol. The van der Waals surface area contributed by atoms with E-state index in [0.29, 0.717) is 10.5 Å². The van der Waals surface area contributed by atoms with Crippen LogP contribution in [0.4, 0.5) is 0 Å². The average Bonchev–Trinajstić information content (AvgIpc) is 2.64. The minimum absolute atomic E-state index is 0.0163. The first-order valence-corrected chi connectivity index (χ1v) is 5.80. The molecule has 0 saturated carbocycles. The summed E-state index contributed by atoms with van der Waals surface area (Å²) in [6, 6.07) is 1.39. The second-order valence-corrected chi connectivity index (χ2v) is 4.10. The minimum Gasteiger partial charge on any atom is -0.460 e. The van der Waals surface area contributed by atoms with Crippen LogP contribution in [-0.4, -0.2) is 38.5 Å². The predicted octanol–water partition coefficient (Wildman–Crippen LogP) is 1.33. The van der Waals surface area contributed by atoms with Crippen molar-refractivity contribution in [3.63, 3.8) is 0 Å². The number of aryl methyl sites for hydroxylation is 1. The number of ketones is 1. The zero-order valence-electron chi connectivity index (χ0n) is 10.2. The second-order valence-electron chi connectivity index (χ2n) is 3.71. The molecule has 2 rings (SSSR count). The van der Waals surface area contributed by atoms with Crippen molar-refractivity contribution in [2.75, 3.05) is 6.61 Å². The summed E-state index contributed by atoms with van der Waals surface area (Å²) < 4.78 is 4.64. The van der Waals surface area contributed by atoms with Gasteiger partial charge in [0.25, 0.3) is 5.78 Å². The summed E-state index contributed by atoms with van der Waals surface area (Å²) in [5, 5.41) is 13.3. The van der Waals surface area contributed by atoms with Crippen LogP contribution in [0.25, 0.3) is 11.4 Å². The number of esters is 1. The molecule has 0 spiro atoms. The van der Waals surface area contributed by atoms with Crippen LogP contribution in [0, 0.1) is 6.92 Å². The molecule has 0 atom stereocenters. The van der Waals surface area contributed by atoms with E-state index in [1.54, 1.807) is 13.8 Å². The van der Waals surface area contributed by atoms with E-state index >= 15 is 0 Å². The van der Waals surface area contributed by atoms with Gasteiger partial charge in [0.1, 0.15) is 5.69 Å². The van der Waals surface area contributed by atoms with Crippen molar-refractivity contribution in [2.24, 2.45) is 0 Å². The van der Waals surface area contributed by atoms with E-state index in [9.17, 15) is 14.8 Å². The highest BCUT2D eigenvalue weighted by Gasteiger charge is 2.30. The van der Waals surface area contributed by atoms with E-state index in [2.05, 4.69) is 14.8 Å². The van der Waals surface area contributed by atoms with Gasteiger partial charge in [0.05, 0.1) is 23.6 Å². The van der Waals surface area contributed by atoms with E-state index in [4.69, 9.17) is 11.6 Å². The molecule has 0 saturated heterocycles. The number of hydrogen-bond acceptors (Lipinski definition) is 6. The maximum Gasteiger partial charge on any atom is 0.379 e. The van der Waals surface area contributed by atoms with Gasteiger partial charge in [0.2, 0.25) is 0 Å². The van der Waals surface area contributed by atoms with Gasteiger partial charge in [-0.3, -0.25) is 9.78 Å². The number of carbonyl (C=O) groups is 2. The van der Waals surface area contributed by atoms with Crippen LogP contribution in [0.5, 0.6) is 0 Å². The summed E-state index contributed by atoms with van der Waals surface area (Å²) in [7, 11) is 0. The first-order valence-electron chi connectivity index (χ1n) is 5.42. The van der Waals surface area contributed by atoms with Crippen LogP contribution < -0.4 is 0 Å². The lowest BCUT2D eigenvalue weighted by atomic mass is 10.1. The van der Waals surface area contributed by atoms with E-state index in [1.165, 1.54) is 6.07 Å². The van der Waals surface area contributed by atoms with Crippen molar-refractivity contribution in [1.82, 2.24) is 14.9 Å².